The average Bonchev–Trinajstić information content (AvgIpc) is 2.77. The highest BCUT2D eigenvalue weighted by atomic mass is 16.3. The zero-order valence-electron chi connectivity index (χ0n) is 16.0. The van der Waals surface area contributed by atoms with Crippen LogP contribution in [0, 0.1) is 0 Å². The van der Waals surface area contributed by atoms with Crippen LogP contribution >= 0.6 is 0 Å². The highest BCUT2D eigenvalue weighted by Gasteiger charge is 2.10. The van der Waals surface area contributed by atoms with Crippen LogP contribution in [0.2, 0.25) is 0 Å². The van der Waals surface area contributed by atoms with Crippen LogP contribution in [-0.2, 0) is 6.42 Å². The molecule has 1 N–H and O–H groups in total. The molecule has 0 saturated carbocycles. The second-order valence-electron chi connectivity index (χ2n) is 7.36. The zero-order chi connectivity index (χ0) is 19.6. The van der Waals surface area contributed by atoms with E-state index < -0.39 is 0 Å². The molecule has 2 heteroatoms. The molecule has 0 spiro atoms. The van der Waals surface area contributed by atoms with Crippen LogP contribution in [0.1, 0.15) is 23.1 Å². The molecule has 1 aliphatic rings. The molecule has 5 rings (SSSR count). The Morgan fingerprint density at radius 3 is 2.62 bits per heavy atom. The summed E-state index contributed by atoms with van der Waals surface area (Å²) in [5.74, 6) is 0.253. The van der Waals surface area contributed by atoms with E-state index in [0.29, 0.717) is 5.56 Å². The number of para-hydroxylation sites is 1. The monoisotopic (exact) mass is 375 g/mol. The number of aliphatic imine (C=N–C) groups is 1. The Hall–Kier alpha value is -3.65. The quantitative estimate of drug-likeness (QED) is 0.387. The first-order valence-corrected chi connectivity index (χ1v) is 9.93. The molecule has 0 radical (unpaired) electrons. The molecule has 0 saturated heterocycles. The normalized spacial score (nSPS) is 13.1. The van der Waals surface area contributed by atoms with Crippen molar-refractivity contribution >= 4 is 28.8 Å². The summed E-state index contributed by atoms with van der Waals surface area (Å²) >= 11 is 0. The minimum Gasteiger partial charge on any atom is -0.507 e. The first kappa shape index (κ1) is 17.4. The molecule has 0 fully saturated rings. The summed E-state index contributed by atoms with van der Waals surface area (Å²) in [4.78, 5) is 4.74. The van der Waals surface area contributed by atoms with Gasteiger partial charge in [-0.15, -0.1) is 0 Å². The number of fused-ring (bicyclic) bond motifs is 2. The maximum absolute atomic E-state index is 10.8. The third-order valence-corrected chi connectivity index (χ3v) is 5.49. The third kappa shape index (κ3) is 3.34. The van der Waals surface area contributed by atoms with E-state index in [9.17, 15) is 5.11 Å². The Labute approximate surface area is 170 Å². The molecule has 0 atom stereocenters. The SMILES string of the molecule is Oc1c(C=Nc2cccc3cc4c(cc23)C=CCC4)cccc1-c1ccccc1. The smallest absolute Gasteiger partial charge is 0.132 e. The molecule has 0 amide bonds. The van der Waals surface area contributed by atoms with E-state index in [1.165, 1.54) is 16.5 Å². The van der Waals surface area contributed by atoms with Gasteiger partial charge in [-0.2, -0.15) is 0 Å². The van der Waals surface area contributed by atoms with Crippen molar-refractivity contribution in [3.8, 4) is 16.9 Å². The van der Waals surface area contributed by atoms with E-state index >= 15 is 0 Å². The number of allylic oxidation sites excluding steroid dienone is 1. The van der Waals surface area contributed by atoms with Gasteiger partial charge < -0.3 is 5.11 Å². The largest absolute Gasteiger partial charge is 0.507 e. The number of phenols is 1. The summed E-state index contributed by atoms with van der Waals surface area (Å²) in [6, 6.07) is 26.4. The van der Waals surface area contributed by atoms with Crippen LogP contribution in [0.3, 0.4) is 0 Å². The summed E-state index contributed by atoms with van der Waals surface area (Å²) in [6.45, 7) is 0. The highest BCUT2D eigenvalue weighted by molar-refractivity contribution is 5.98. The van der Waals surface area contributed by atoms with Crippen LogP contribution in [0.15, 0.2) is 89.9 Å². The predicted molar refractivity (Wildman–Crippen MR) is 122 cm³/mol. The lowest BCUT2D eigenvalue weighted by Gasteiger charge is -2.13. The fourth-order valence-electron chi connectivity index (χ4n) is 3.96. The van der Waals surface area contributed by atoms with Gasteiger partial charge in [0.2, 0.25) is 0 Å². The van der Waals surface area contributed by atoms with Crippen LogP contribution in [0.25, 0.3) is 28.0 Å². The van der Waals surface area contributed by atoms with Crippen LogP contribution in [0.5, 0.6) is 5.75 Å². The Bertz CT molecular complexity index is 1250. The van der Waals surface area contributed by atoms with Crippen molar-refractivity contribution in [2.75, 3.05) is 0 Å². The topological polar surface area (TPSA) is 32.6 Å². The van der Waals surface area contributed by atoms with E-state index in [0.717, 1.165) is 35.0 Å². The van der Waals surface area contributed by atoms with Gasteiger partial charge in [-0.05, 0) is 53.1 Å². The van der Waals surface area contributed by atoms with Gasteiger partial charge in [0.1, 0.15) is 5.75 Å². The maximum atomic E-state index is 10.8. The number of hydrogen-bond acceptors (Lipinski definition) is 2. The van der Waals surface area contributed by atoms with Gasteiger partial charge in [0, 0.05) is 22.7 Å². The molecule has 140 valence electrons. The molecule has 4 aromatic rings. The van der Waals surface area contributed by atoms with Crippen molar-refractivity contribution in [2.24, 2.45) is 4.99 Å². The lowest BCUT2D eigenvalue weighted by atomic mass is 9.93. The lowest BCUT2D eigenvalue weighted by Crippen LogP contribution is -1.94. The minimum absolute atomic E-state index is 0.253. The molecule has 29 heavy (non-hydrogen) atoms. The number of aromatic hydroxyl groups is 1. The molecular weight excluding hydrogens is 354 g/mol. The van der Waals surface area contributed by atoms with Crippen molar-refractivity contribution in [3.63, 3.8) is 0 Å². The lowest BCUT2D eigenvalue weighted by molar-refractivity contribution is 0.476. The first-order valence-electron chi connectivity index (χ1n) is 9.93. The number of hydrogen-bond donors (Lipinski definition) is 1. The molecule has 0 bridgehead atoms. The summed E-state index contributed by atoms with van der Waals surface area (Å²) in [5, 5.41) is 13.1. The summed E-state index contributed by atoms with van der Waals surface area (Å²) in [7, 11) is 0. The van der Waals surface area contributed by atoms with Gasteiger partial charge in [0.15, 0.2) is 0 Å². The van der Waals surface area contributed by atoms with Crippen molar-refractivity contribution in [2.45, 2.75) is 12.8 Å². The molecule has 2 nitrogen and oxygen atoms in total. The summed E-state index contributed by atoms with van der Waals surface area (Å²) in [5.41, 5.74) is 6.10. The second kappa shape index (κ2) is 7.40. The van der Waals surface area contributed by atoms with Crippen molar-refractivity contribution < 1.29 is 5.11 Å². The van der Waals surface area contributed by atoms with E-state index in [1.54, 1.807) is 6.21 Å². The van der Waals surface area contributed by atoms with Gasteiger partial charge in [0.25, 0.3) is 0 Å². The number of aryl methyl sites for hydroxylation is 1. The maximum Gasteiger partial charge on any atom is 0.132 e. The molecule has 1 aliphatic carbocycles. The van der Waals surface area contributed by atoms with Crippen LogP contribution < -0.4 is 0 Å². The summed E-state index contributed by atoms with van der Waals surface area (Å²) in [6.07, 6.45) is 8.38. The minimum atomic E-state index is 0.253. The Balaban J connectivity index is 1.56. The Morgan fingerprint density at radius 1 is 0.862 bits per heavy atom. The van der Waals surface area contributed by atoms with E-state index in [1.807, 2.05) is 60.7 Å². The molecular formula is C27H21NO. The zero-order valence-corrected chi connectivity index (χ0v) is 16.0. The van der Waals surface area contributed by atoms with Crippen molar-refractivity contribution in [1.82, 2.24) is 0 Å². The summed E-state index contributed by atoms with van der Waals surface area (Å²) < 4.78 is 0. The number of phenolic OH excluding ortho intramolecular Hbond substituents is 1. The van der Waals surface area contributed by atoms with Gasteiger partial charge >= 0.3 is 0 Å². The Morgan fingerprint density at radius 2 is 1.72 bits per heavy atom. The molecule has 0 unspecified atom stereocenters. The van der Waals surface area contributed by atoms with Gasteiger partial charge in [0.05, 0.1) is 5.69 Å². The van der Waals surface area contributed by atoms with E-state index in [-0.39, 0.29) is 5.75 Å². The number of rotatable bonds is 3. The fourth-order valence-corrected chi connectivity index (χ4v) is 3.96. The second-order valence-corrected chi connectivity index (χ2v) is 7.36. The van der Waals surface area contributed by atoms with E-state index in [4.69, 9.17) is 4.99 Å². The van der Waals surface area contributed by atoms with E-state index in [2.05, 4.69) is 30.4 Å². The van der Waals surface area contributed by atoms with Gasteiger partial charge in [-0.25, -0.2) is 0 Å². The molecule has 4 aromatic carbocycles. The number of benzene rings is 4. The third-order valence-electron chi connectivity index (χ3n) is 5.49. The predicted octanol–water partition coefficient (Wildman–Crippen LogP) is 6.92. The van der Waals surface area contributed by atoms with Crippen LogP contribution in [-0.4, -0.2) is 11.3 Å². The van der Waals surface area contributed by atoms with Crippen LogP contribution in [0.4, 0.5) is 5.69 Å². The van der Waals surface area contributed by atoms with Crippen molar-refractivity contribution in [1.29, 1.82) is 0 Å². The standard InChI is InChI=1S/C27H21NO/c29-27-23(13-6-14-24(27)19-8-2-1-3-9-19)18-28-26-15-7-12-22-16-20-10-4-5-11-21(20)17-25(22)26/h1-3,5-9,11-18,29H,4,10H2. The Kier molecular flexibility index (Phi) is 4.45. The van der Waals surface area contributed by atoms with Crippen molar-refractivity contribution in [3.05, 3.63) is 102 Å². The average molecular weight is 375 g/mol. The van der Waals surface area contributed by atoms with Gasteiger partial charge in [-0.1, -0.05) is 72.8 Å². The number of nitrogens with zero attached hydrogens (tertiary/aromatic N) is 1. The van der Waals surface area contributed by atoms with Gasteiger partial charge in [-0.3, -0.25) is 4.99 Å². The molecule has 0 heterocycles. The fraction of sp³-hybridized carbons (Fsp3) is 0.0741. The molecule has 0 aliphatic heterocycles. The first-order chi connectivity index (χ1) is 14.3. The molecule has 0 aromatic heterocycles. The highest BCUT2D eigenvalue weighted by Crippen LogP contribution is 2.33.